The first-order valence-electron chi connectivity index (χ1n) is 13.5. The Hall–Kier alpha value is -3.33. The van der Waals surface area contributed by atoms with Crippen LogP contribution >= 0.6 is 0 Å². The summed E-state index contributed by atoms with van der Waals surface area (Å²) in [7, 11) is 2.06. The van der Waals surface area contributed by atoms with E-state index < -0.39 is 0 Å². The highest BCUT2D eigenvalue weighted by atomic mass is 19.1. The first-order chi connectivity index (χ1) is 18.8. The smallest absolute Gasteiger partial charge is 0.255 e. The molecule has 0 spiro atoms. The van der Waals surface area contributed by atoms with Gasteiger partial charge in [-0.15, -0.1) is 0 Å². The third-order valence-corrected chi connectivity index (χ3v) is 7.62. The fourth-order valence-corrected chi connectivity index (χ4v) is 5.32. The van der Waals surface area contributed by atoms with Crippen molar-refractivity contribution in [3.63, 3.8) is 0 Å². The normalized spacial score (nSPS) is 16.9. The molecule has 2 aliphatic heterocycles. The topological polar surface area (TPSA) is 48.1 Å². The van der Waals surface area contributed by atoms with Crippen LogP contribution in [0.2, 0.25) is 0 Å². The van der Waals surface area contributed by atoms with Crippen LogP contribution in [-0.2, 0) is 11.3 Å². The number of likely N-dealkylation sites (N-methyl/N-ethyl adjacent to an activating group) is 1. The van der Waals surface area contributed by atoms with E-state index in [2.05, 4.69) is 33.1 Å². The Morgan fingerprint density at radius 3 is 2.31 bits per heavy atom. The van der Waals surface area contributed by atoms with Crippen LogP contribution < -0.4 is 10.2 Å². The highest BCUT2D eigenvalue weighted by Gasteiger charge is 2.22. The van der Waals surface area contributed by atoms with Crippen molar-refractivity contribution in [1.29, 1.82) is 0 Å². The quantitative estimate of drug-likeness (QED) is 0.478. The van der Waals surface area contributed by atoms with E-state index in [1.807, 2.05) is 18.2 Å². The monoisotopic (exact) mass is 534 g/mol. The molecule has 0 atom stereocenters. The SMILES string of the molecule is Cc1cc(C(=O)Nc2cc(-c3cccc(CN4CCOCC4)c3)c(F)cc2N2CCN(C)CC2)cc(C)c1F. The number of piperazine rings is 1. The molecule has 0 unspecified atom stereocenters. The Balaban J connectivity index is 1.49. The van der Waals surface area contributed by atoms with Crippen LogP contribution in [0.25, 0.3) is 11.1 Å². The number of rotatable bonds is 6. The number of nitrogens with one attached hydrogen (secondary N) is 1. The van der Waals surface area contributed by atoms with E-state index in [9.17, 15) is 9.18 Å². The Labute approximate surface area is 229 Å². The van der Waals surface area contributed by atoms with Crippen LogP contribution in [-0.4, -0.2) is 75.2 Å². The molecule has 2 saturated heterocycles. The van der Waals surface area contributed by atoms with Crippen molar-refractivity contribution >= 4 is 17.3 Å². The maximum atomic E-state index is 15.7. The van der Waals surface area contributed by atoms with Gasteiger partial charge in [0.15, 0.2) is 0 Å². The van der Waals surface area contributed by atoms with E-state index in [1.54, 1.807) is 32.0 Å². The predicted molar refractivity (Wildman–Crippen MR) is 151 cm³/mol. The lowest BCUT2D eigenvalue weighted by molar-refractivity contribution is 0.0342. The number of carbonyl (C=O) groups is 1. The van der Waals surface area contributed by atoms with Crippen molar-refractivity contribution in [2.45, 2.75) is 20.4 Å². The van der Waals surface area contributed by atoms with Gasteiger partial charge in [-0.25, -0.2) is 8.78 Å². The maximum absolute atomic E-state index is 15.7. The lowest BCUT2D eigenvalue weighted by Crippen LogP contribution is -2.44. The Kier molecular flexibility index (Phi) is 8.26. The van der Waals surface area contributed by atoms with E-state index in [0.29, 0.717) is 33.6 Å². The summed E-state index contributed by atoms with van der Waals surface area (Å²) in [6.45, 7) is 10.4. The molecule has 6 nitrogen and oxygen atoms in total. The van der Waals surface area contributed by atoms with Crippen LogP contribution in [0.3, 0.4) is 0 Å². The molecule has 1 amide bonds. The second-order valence-electron chi connectivity index (χ2n) is 10.6. The number of aryl methyl sites for hydroxylation is 2. The number of benzene rings is 3. The molecule has 5 rings (SSSR count). The third kappa shape index (κ3) is 6.30. The van der Waals surface area contributed by atoms with Gasteiger partial charge in [0.1, 0.15) is 11.6 Å². The average Bonchev–Trinajstić information content (AvgIpc) is 2.93. The van der Waals surface area contributed by atoms with Crippen LogP contribution in [0.15, 0.2) is 48.5 Å². The first-order valence-corrected chi connectivity index (χ1v) is 13.5. The molecule has 3 aromatic carbocycles. The zero-order valence-corrected chi connectivity index (χ0v) is 22.9. The van der Waals surface area contributed by atoms with Crippen molar-refractivity contribution in [3.05, 3.63) is 82.4 Å². The van der Waals surface area contributed by atoms with E-state index in [1.165, 1.54) is 6.07 Å². The van der Waals surface area contributed by atoms with E-state index in [4.69, 9.17) is 4.74 Å². The van der Waals surface area contributed by atoms with Gasteiger partial charge in [-0.2, -0.15) is 0 Å². The van der Waals surface area contributed by atoms with Gasteiger partial charge >= 0.3 is 0 Å². The number of ether oxygens (including phenoxy) is 1. The number of amides is 1. The summed E-state index contributed by atoms with van der Waals surface area (Å²) in [5, 5.41) is 3.02. The lowest BCUT2D eigenvalue weighted by Gasteiger charge is -2.35. The van der Waals surface area contributed by atoms with Crippen molar-refractivity contribution in [1.82, 2.24) is 9.80 Å². The summed E-state index contributed by atoms with van der Waals surface area (Å²) < 4.78 is 35.4. The molecule has 1 N–H and O–H groups in total. The summed E-state index contributed by atoms with van der Waals surface area (Å²) in [6.07, 6.45) is 0. The van der Waals surface area contributed by atoms with Crippen LogP contribution in [0.1, 0.15) is 27.0 Å². The molecule has 2 heterocycles. The first kappa shape index (κ1) is 27.2. The molecule has 8 heteroatoms. The van der Waals surface area contributed by atoms with Gasteiger partial charge in [-0.3, -0.25) is 9.69 Å². The van der Waals surface area contributed by atoms with Gasteiger partial charge < -0.3 is 19.9 Å². The van der Waals surface area contributed by atoms with Gasteiger partial charge in [0.2, 0.25) is 0 Å². The van der Waals surface area contributed by atoms with Crippen molar-refractivity contribution in [2.75, 3.05) is 69.7 Å². The molecular weight excluding hydrogens is 498 g/mol. The predicted octanol–water partition coefficient (Wildman–Crippen LogP) is 5.08. The minimum atomic E-state index is -0.352. The molecule has 3 aromatic rings. The summed E-state index contributed by atoms with van der Waals surface area (Å²) in [4.78, 5) is 20.0. The highest BCUT2D eigenvalue weighted by Crippen LogP contribution is 2.35. The van der Waals surface area contributed by atoms with Crippen molar-refractivity contribution in [3.8, 4) is 11.1 Å². The van der Waals surface area contributed by atoms with Gasteiger partial charge in [0.25, 0.3) is 5.91 Å². The van der Waals surface area contributed by atoms with Crippen LogP contribution in [0.5, 0.6) is 0 Å². The molecule has 0 aliphatic carbocycles. The maximum Gasteiger partial charge on any atom is 0.255 e. The zero-order valence-electron chi connectivity index (χ0n) is 22.9. The summed E-state index contributed by atoms with van der Waals surface area (Å²) in [5.41, 5.74) is 4.67. The molecule has 2 fully saturated rings. The molecule has 206 valence electrons. The van der Waals surface area contributed by atoms with Gasteiger partial charge in [0, 0.05) is 56.9 Å². The third-order valence-electron chi connectivity index (χ3n) is 7.62. The van der Waals surface area contributed by atoms with E-state index in [-0.39, 0.29) is 17.5 Å². The number of hydrogen-bond donors (Lipinski definition) is 1. The van der Waals surface area contributed by atoms with Gasteiger partial charge in [0.05, 0.1) is 24.6 Å². The number of anilines is 2. The number of nitrogens with zero attached hydrogens (tertiary/aromatic N) is 3. The molecule has 0 bridgehead atoms. The standard InChI is InChI=1S/C31H36F2N4O2/c1-21-15-25(16-22(2)30(21)33)31(38)34-28-18-26(27(32)19-29(28)37-9-7-35(3)8-10-37)24-6-4-5-23(17-24)20-36-11-13-39-14-12-36/h4-6,15-19H,7-14,20H2,1-3H3,(H,34,38). The fourth-order valence-electron chi connectivity index (χ4n) is 5.32. The summed E-state index contributed by atoms with van der Waals surface area (Å²) in [5.74, 6) is -1.00. The average molecular weight is 535 g/mol. The molecular formula is C31H36F2N4O2. The molecule has 2 aliphatic rings. The summed E-state index contributed by atoms with van der Waals surface area (Å²) >= 11 is 0. The number of hydrogen-bond acceptors (Lipinski definition) is 5. The van der Waals surface area contributed by atoms with Crippen molar-refractivity contribution < 1.29 is 18.3 Å². The Morgan fingerprint density at radius 2 is 1.62 bits per heavy atom. The van der Waals surface area contributed by atoms with E-state index >= 15 is 4.39 Å². The minimum absolute atomic E-state index is 0.314. The molecule has 0 aromatic heterocycles. The van der Waals surface area contributed by atoms with Crippen LogP contribution in [0, 0.1) is 25.5 Å². The number of halogens is 2. The van der Waals surface area contributed by atoms with Gasteiger partial charge in [-0.1, -0.05) is 18.2 Å². The van der Waals surface area contributed by atoms with Crippen LogP contribution in [0.4, 0.5) is 20.2 Å². The largest absolute Gasteiger partial charge is 0.379 e. The molecule has 0 saturated carbocycles. The minimum Gasteiger partial charge on any atom is -0.379 e. The molecule has 39 heavy (non-hydrogen) atoms. The van der Waals surface area contributed by atoms with Crippen molar-refractivity contribution in [2.24, 2.45) is 0 Å². The fraction of sp³-hybridized carbons (Fsp3) is 0.387. The molecule has 0 radical (unpaired) electrons. The Bertz CT molecular complexity index is 1330. The van der Waals surface area contributed by atoms with E-state index in [0.717, 1.165) is 70.2 Å². The lowest BCUT2D eigenvalue weighted by atomic mass is 10.00. The number of carbonyl (C=O) groups excluding carboxylic acids is 1. The Morgan fingerprint density at radius 1 is 0.923 bits per heavy atom. The van der Waals surface area contributed by atoms with Gasteiger partial charge in [-0.05, 0) is 73.5 Å². The second-order valence-corrected chi connectivity index (χ2v) is 10.6. The highest BCUT2D eigenvalue weighted by molar-refractivity contribution is 6.06. The zero-order chi connectivity index (χ0) is 27.5. The summed E-state index contributed by atoms with van der Waals surface area (Å²) in [6, 6.07) is 14.3. The second kappa shape index (κ2) is 11.8. The number of morpholine rings is 1.